The van der Waals surface area contributed by atoms with Crippen molar-refractivity contribution in [3.05, 3.63) is 109 Å². The number of unbranched alkanes of at least 4 members (excludes halogenated alkanes) is 35. The average molecular weight is 1150 g/mol. The minimum absolute atomic E-state index is 0.0900. The Morgan fingerprint density at radius 2 is 0.470 bits per heavy atom. The predicted octanol–water partition coefficient (Wildman–Crippen LogP) is 24.6. The van der Waals surface area contributed by atoms with E-state index in [2.05, 4.69) is 130 Å². The van der Waals surface area contributed by atoms with Gasteiger partial charge >= 0.3 is 17.9 Å². The Kier molecular flexibility index (Phi) is 67.2. The summed E-state index contributed by atoms with van der Waals surface area (Å²) in [5.41, 5.74) is 0. The molecule has 0 aliphatic heterocycles. The highest BCUT2D eigenvalue weighted by Crippen LogP contribution is 2.17. The summed E-state index contributed by atoms with van der Waals surface area (Å²) in [5, 5.41) is 0. The number of esters is 3. The highest BCUT2D eigenvalue weighted by molar-refractivity contribution is 5.71. The topological polar surface area (TPSA) is 78.9 Å². The molecule has 0 bridgehead atoms. The summed E-state index contributed by atoms with van der Waals surface area (Å²) in [6.07, 6.45) is 96.9. The maximum atomic E-state index is 12.9. The summed E-state index contributed by atoms with van der Waals surface area (Å²) in [6, 6.07) is 0. The van der Waals surface area contributed by atoms with Crippen LogP contribution >= 0.6 is 0 Å². The Balaban J connectivity index is 4.26. The second-order valence-corrected chi connectivity index (χ2v) is 23.4. The third-order valence-electron chi connectivity index (χ3n) is 15.2. The van der Waals surface area contributed by atoms with Crippen LogP contribution in [0, 0.1) is 0 Å². The van der Waals surface area contributed by atoms with Gasteiger partial charge in [0.25, 0.3) is 0 Å². The van der Waals surface area contributed by atoms with E-state index in [0.29, 0.717) is 19.3 Å². The third-order valence-corrected chi connectivity index (χ3v) is 15.2. The number of hydrogen-bond acceptors (Lipinski definition) is 6. The zero-order valence-corrected chi connectivity index (χ0v) is 54.7. The fourth-order valence-corrected chi connectivity index (χ4v) is 10.0. The van der Waals surface area contributed by atoms with E-state index in [4.69, 9.17) is 14.2 Å². The zero-order chi connectivity index (χ0) is 59.9. The Morgan fingerprint density at radius 3 is 0.735 bits per heavy atom. The molecule has 1 unspecified atom stereocenters. The number of rotatable bonds is 64. The largest absolute Gasteiger partial charge is 0.462 e. The van der Waals surface area contributed by atoms with Gasteiger partial charge in [-0.1, -0.05) is 310 Å². The minimum atomic E-state index is -0.798. The van der Waals surface area contributed by atoms with E-state index < -0.39 is 6.10 Å². The Labute approximate surface area is 514 Å². The van der Waals surface area contributed by atoms with Crippen molar-refractivity contribution in [2.24, 2.45) is 0 Å². The SMILES string of the molecule is CC/C=C\C/C=C\C/C=C\C/C=C\CCCCCCC(=O)OC(COC(=O)CCCCCCCCC/C=C\C/C=C\C/C=C\CC)COC(=O)CCCCCCCCCCCCCCCCCCCCC/C=C\C/C=C\CCCCCCC. The number of allylic oxidation sites excluding steroid dienone is 18. The van der Waals surface area contributed by atoms with Crippen LogP contribution in [0.25, 0.3) is 0 Å². The lowest BCUT2D eigenvalue weighted by molar-refractivity contribution is -0.167. The fraction of sp³-hybridized carbons (Fsp3) is 0.727. The Morgan fingerprint density at radius 1 is 0.253 bits per heavy atom. The van der Waals surface area contributed by atoms with E-state index in [0.717, 1.165) is 128 Å². The smallest absolute Gasteiger partial charge is 0.306 e. The molecule has 0 radical (unpaired) electrons. The van der Waals surface area contributed by atoms with Crippen LogP contribution in [0.5, 0.6) is 0 Å². The third kappa shape index (κ3) is 68.7. The normalized spacial score (nSPS) is 12.8. The molecule has 0 N–H and O–H groups in total. The molecular weight excluding hydrogens is 1020 g/mol. The summed E-state index contributed by atoms with van der Waals surface area (Å²) in [5.74, 6) is -0.911. The first-order valence-electron chi connectivity index (χ1n) is 35.4. The fourth-order valence-electron chi connectivity index (χ4n) is 10.0. The van der Waals surface area contributed by atoms with Gasteiger partial charge in [0.05, 0.1) is 0 Å². The van der Waals surface area contributed by atoms with Crippen molar-refractivity contribution in [2.45, 2.75) is 348 Å². The van der Waals surface area contributed by atoms with E-state index in [9.17, 15) is 14.4 Å². The van der Waals surface area contributed by atoms with Gasteiger partial charge in [0.2, 0.25) is 0 Å². The van der Waals surface area contributed by atoms with Crippen LogP contribution < -0.4 is 0 Å². The van der Waals surface area contributed by atoms with Crippen LogP contribution in [0.15, 0.2) is 109 Å². The van der Waals surface area contributed by atoms with Crippen molar-refractivity contribution < 1.29 is 28.6 Å². The van der Waals surface area contributed by atoms with Crippen LogP contribution in [0.1, 0.15) is 342 Å². The average Bonchev–Trinajstić information content (AvgIpc) is 3.50. The van der Waals surface area contributed by atoms with E-state index in [1.165, 1.54) is 173 Å². The van der Waals surface area contributed by atoms with Gasteiger partial charge in [0.15, 0.2) is 6.10 Å². The molecule has 0 fully saturated rings. The van der Waals surface area contributed by atoms with E-state index >= 15 is 0 Å². The van der Waals surface area contributed by atoms with Crippen LogP contribution in [-0.2, 0) is 28.6 Å². The molecule has 0 aromatic heterocycles. The highest BCUT2D eigenvalue weighted by Gasteiger charge is 2.19. The van der Waals surface area contributed by atoms with Crippen molar-refractivity contribution in [1.29, 1.82) is 0 Å². The number of carbonyl (C=O) groups excluding carboxylic acids is 3. The molecule has 0 rings (SSSR count). The molecule has 0 saturated heterocycles. The van der Waals surface area contributed by atoms with Gasteiger partial charge in [-0.05, 0) is 122 Å². The molecule has 476 valence electrons. The molecule has 0 aromatic rings. The summed E-state index contributed by atoms with van der Waals surface area (Å²) in [4.78, 5) is 38.4. The zero-order valence-electron chi connectivity index (χ0n) is 54.7. The first kappa shape index (κ1) is 79.1. The van der Waals surface area contributed by atoms with Crippen LogP contribution in [0.2, 0.25) is 0 Å². The van der Waals surface area contributed by atoms with Gasteiger partial charge in [0, 0.05) is 19.3 Å². The summed E-state index contributed by atoms with van der Waals surface area (Å²) in [7, 11) is 0. The lowest BCUT2D eigenvalue weighted by Crippen LogP contribution is -2.30. The van der Waals surface area contributed by atoms with Crippen LogP contribution in [0.3, 0.4) is 0 Å². The standard InChI is InChI=1S/C77H132O6/c1-4-7-10-13-16-19-22-25-28-31-32-33-34-35-36-37-38-39-40-41-42-43-44-47-49-52-55-58-61-64-67-70-76(79)82-73-74(83-77(80)71-68-65-62-59-56-53-50-46-30-27-24-21-18-15-12-9-6-3)72-81-75(78)69-66-63-60-57-54-51-48-45-29-26-23-20-17-14-11-8-5-2/h8-9,11-12,17-18,20-22,25-27,29-32,50,53,74H,4-7,10,13-16,19,23-24,28,33-49,51-52,54-73H2,1-3H3/b11-8-,12-9-,20-17-,21-18-,25-22-,29-26-,30-27-,32-31-,53-50-. The first-order chi connectivity index (χ1) is 41.0. The molecule has 6 heteroatoms. The Bertz CT molecular complexity index is 1660. The molecule has 6 nitrogen and oxygen atoms in total. The lowest BCUT2D eigenvalue weighted by Gasteiger charge is -2.18. The van der Waals surface area contributed by atoms with Gasteiger partial charge in [0.1, 0.15) is 13.2 Å². The summed E-state index contributed by atoms with van der Waals surface area (Å²) in [6.45, 7) is 6.41. The monoisotopic (exact) mass is 1150 g/mol. The van der Waals surface area contributed by atoms with Gasteiger partial charge in [-0.2, -0.15) is 0 Å². The van der Waals surface area contributed by atoms with Crippen LogP contribution in [0.4, 0.5) is 0 Å². The van der Waals surface area contributed by atoms with Crippen molar-refractivity contribution in [3.8, 4) is 0 Å². The highest BCUT2D eigenvalue weighted by atomic mass is 16.6. The minimum Gasteiger partial charge on any atom is -0.462 e. The van der Waals surface area contributed by atoms with Gasteiger partial charge < -0.3 is 14.2 Å². The van der Waals surface area contributed by atoms with Crippen LogP contribution in [-0.4, -0.2) is 37.2 Å². The number of ether oxygens (including phenoxy) is 3. The second kappa shape index (κ2) is 70.6. The summed E-state index contributed by atoms with van der Waals surface area (Å²) >= 11 is 0. The first-order valence-corrected chi connectivity index (χ1v) is 35.4. The van der Waals surface area contributed by atoms with Crippen molar-refractivity contribution in [1.82, 2.24) is 0 Å². The molecule has 0 spiro atoms. The van der Waals surface area contributed by atoms with E-state index in [-0.39, 0.29) is 31.1 Å². The molecule has 1 atom stereocenters. The lowest BCUT2D eigenvalue weighted by atomic mass is 10.0. The molecular formula is C77H132O6. The molecule has 0 saturated carbocycles. The van der Waals surface area contributed by atoms with Gasteiger partial charge in [-0.15, -0.1) is 0 Å². The molecule has 0 amide bonds. The van der Waals surface area contributed by atoms with E-state index in [1.807, 2.05) is 0 Å². The maximum absolute atomic E-state index is 12.9. The van der Waals surface area contributed by atoms with Gasteiger partial charge in [-0.3, -0.25) is 14.4 Å². The van der Waals surface area contributed by atoms with Crippen molar-refractivity contribution in [2.75, 3.05) is 13.2 Å². The number of hydrogen-bond donors (Lipinski definition) is 0. The predicted molar refractivity (Wildman–Crippen MR) is 362 cm³/mol. The maximum Gasteiger partial charge on any atom is 0.306 e. The van der Waals surface area contributed by atoms with Crippen molar-refractivity contribution >= 4 is 17.9 Å². The van der Waals surface area contributed by atoms with E-state index in [1.54, 1.807) is 0 Å². The molecule has 0 aliphatic rings. The van der Waals surface area contributed by atoms with Crippen molar-refractivity contribution in [3.63, 3.8) is 0 Å². The second-order valence-electron chi connectivity index (χ2n) is 23.4. The van der Waals surface area contributed by atoms with Gasteiger partial charge in [-0.25, -0.2) is 0 Å². The number of carbonyl (C=O) groups is 3. The molecule has 83 heavy (non-hydrogen) atoms. The quantitative estimate of drug-likeness (QED) is 0.0261. The summed E-state index contributed by atoms with van der Waals surface area (Å²) < 4.78 is 17.0. The molecule has 0 aromatic carbocycles. The molecule has 0 heterocycles. The Hall–Kier alpha value is -3.93. The molecule has 0 aliphatic carbocycles.